The Morgan fingerprint density at radius 1 is 1.30 bits per heavy atom. The third-order valence-electron chi connectivity index (χ3n) is 3.43. The van der Waals surface area contributed by atoms with Gasteiger partial charge in [0.15, 0.2) is 10.8 Å². The monoisotopic (exact) mass is 329 g/mol. The van der Waals surface area contributed by atoms with Crippen LogP contribution < -0.4 is 5.73 Å². The molecule has 0 aliphatic carbocycles. The van der Waals surface area contributed by atoms with Crippen LogP contribution in [0.5, 0.6) is 0 Å². The number of nitrogen functional groups attached to an aromatic ring is 1. The van der Waals surface area contributed by atoms with E-state index >= 15 is 0 Å². The van der Waals surface area contributed by atoms with Crippen molar-refractivity contribution in [2.45, 2.75) is 6.04 Å². The number of ether oxygens (including phenoxy) is 1. The van der Waals surface area contributed by atoms with Gasteiger partial charge in [0, 0.05) is 0 Å². The summed E-state index contributed by atoms with van der Waals surface area (Å²) in [5.74, 6) is 0.114. The Labute approximate surface area is 138 Å². The van der Waals surface area contributed by atoms with Gasteiger partial charge in [0.05, 0.1) is 25.6 Å². The predicted molar refractivity (Wildman–Crippen MR) is 90.3 cm³/mol. The second kappa shape index (κ2) is 6.76. The maximum Gasteiger partial charge on any atom is 0.223 e. The van der Waals surface area contributed by atoms with Crippen LogP contribution in [0.15, 0.2) is 49.3 Å². The smallest absolute Gasteiger partial charge is 0.223 e. The highest BCUT2D eigenvalue weighted by Crippen LogP contribution is 2.26. The fraction of sp³-hybridized carbons (Fsp3) is 0.188. The molecule has 0 bridgehead atoms. The van der Waals surface area contributed by atoms with Crippen LogP contribution in [0.25, 0.3) is 11.2 Å². The Morgan fingerprint density at radius 2 is 2.09 bits per heavy atom. The van der Waals surface area contributed by atoms with Gasteiger partial charge in [-0.15, -0.1) is 6.58 Å². The van der Waals surface area contributed by atoms with Crippen molar-refractivity contribution in [3.05, 3.63) is 60.0 Å². The molecule has 23 heavy (non-hydrogen) atoms. The highest BCUT2D eigenvalue weighted by Gasteiger charge is 2.19. The minimum absolute atomic E-state index is 0.105. The molecule has 1 aromatic carbocycles. The summed E-state index contributed by atoms with van der Waals surface area (Å²) in [5.41, 5.74) is 7.90. The van der Waals surface area contributed by atoms with Crippen LogP contribution in [0.2, 0.25) is 5.15 Å². The van der Waals surface area contributed by atoms with Crippen LogP contribution in [0, 0.1) is 0 Å². The van der Waals surface area contributed by atoms with E-state index in [0.29, 0.717) is 24.4 Å². The topological polar surface area (TPSA) is 78.8 Å². The number of anilines is 1. The molecule has 1 unspecified atom stereocenters. The first kappa shape index (κ1) is 15.5. The molecule has 118 valence electrons. The predicted octanol–water partition coefficient (Wildman–Crippen LogP) is 2.85. The normalized spacial score (nSPS) is 12.4. The highest BCUT2D eigenvalue weighted by atomic mass is 35.5. The lowest BCUT2D eigenvalue weighted by molar-refractivity contribution is 0.139. The van der Waals surface area contributed by atoms with Gasteiger partial charge < -0.3 is 15.0 Å². The van der Waals surface area contributed by atoms with Crippen LogP contribution in [-0.4, -0.2) is 32.7 Å². The summed E-state index contributed by atoms with van der Waals surface area (Å²) in [7, 11) is 0. The molecule has 2 aromatic heterocycles. The molecule has 0 saturated heterocycles. The van der Waals surface area contributed by atoms with Crippen LogP contribution in [0.3, 0.4) is 0 Å². The summed E-state index contributed by atoms with van der Waals surface area (Å²) in [6.07, 6.45) is 3.39. The van der Waals surface area contributed by atoms with E-state index in [0.717, 1.165) is 5.56 Å². The molecular weight excluding hydrogens is 314 g/mol. The van der Waals surface area contributed by atoms with Crippen molar-refractivity contribution >= 4 is 28.7 Å². The van der Waals surface area contributed by atoms with E-state index in [-0.39, 0.29) is 17.1 Å². The molecule has 2 heterocycles. The lowest BCUT2D eigenvalue weighted by atomic mass is 10.1. The largest absolute Gasteiger partial charge is 0.375 e. The number of imidazole rings is 1. The van der Waals surface area contributed by atoms with E-state index in [1.807, 2.05) is 34.9 Å². The second-order valence-corrected chi connectivity index (χ2v) is 5.31. The summed E-state index contributed by atoms with van der Waals surface area (Å²) >= 11 is 6.10. The number of nitrogens with two attached hydrogens (primary N) is 1. The van der Waals surface area contributed by atoms with Crippen molar-refractivity contribution in [3.63, 3.8) is 0 Å². The van der Waals surface area contributed by atoms with Crippen molar-refractivity contribution in [2.75, 3.05) is 18.9 Å². The molecule has 1 atom stereocenters. The van der Waals surface area contributed by atoms with Gasteiger partial charge in [0.1, 0.15) is 5.52 Å². The van der Waals surface area contributed by atoms with E-state index in [1.54, 1.807) is 12.4 Å². The third-order valence-corrected chi connectivity index (χ3v) is 3.69. The molecule has 3 aromatic rings. The third kappa shape index (κ3) is 3.18. The Hall–Kier alpha value is -2.44. The number of halogens is 1. The number of benzene rings is 1. The number of nitrogens with zero attached hydrogens (tertiary/aromatic N) is 4. The quantitative estimate of drug-likeness (QED) is 0.427. The molecule has 0 saturated carbocycles. The Morgan fingerprint density at radius 3 is 2.83 bits per heavy atom. The standard InChI is InChI=1S/C16H16ClN5O/c1-2-8-23-9-12(11-6-4-3-5-7-11)22-10-19-13-14(17)20-16(18)21-15(13)22/h2-7,10,12H,1,8-9H2,(H2,18,20,21). The van der Waals surface area contributed by atoms with E-state index < -0.39 is 0 Å². The van der Waals surface area contributed by atoms with Crippen molar-refractivity contribution in [1.29, 1.82) is 0 Å². The SMILES string of the molecule is C=CCOCC(c1ccccc1)n1cnc2c(Cl)nc(N)nc21. The van der Waals surface area contributed by atoms with Gasteiger partial charge in [-0.1, -0.05) is 48.0 Å². The summed E-state index contributed by atoms with van der Waals surface area (Å²) in [6, 6.07) is 9.87. The summed E-state index contributed by atoms with van der Waals surface area (Å²) in [4.78, 5) is 12.5. The Kier molecular flexibility index (Phi) is 4.55. The first-order chi connectivity index (χ1) is 11.2. The molecule has 0 aliphatic rings. The Bertz CT molecular complexity index is 818. The fourth-order valence-electron chi connectivity index (χ4n) is 2.40. The molecule has 2 N–H and O–H groups in total. The van der Waals surface area contributed by atoms with Crippen LogP contribution >= 0.6 is 11.6 Å². The van der Waals surface area contributed by atoms with Crippen molar-refractivity contribution < 1.29 is 4.74 Å². The van der Waals surface area contributed by atoms with E-state index in [2.05, 4.69) is 21.5 Å². The number of rotatable bonds is 6. The molecular formula is C16H16ClN5O. The number of hydrogen-bond acceptors (Lipinski definition) is 5. The first-order valence-electron chi connectivity index (χ1n) is 7.10. The van der Waals surface area contributed by atoms with Gasteiger partial charge >= 0.3 is 0 Å². The summed E-state index contributed by atoms with van der Waals surface area (Å²) < 4.78 is 7.56. The van der Waals surface area contributed by atoms with E-state index in [4.69, 9.17) is 22.1 Å². The summed E-state index contributed by atoms with van der Waals surface area (Å²) in [6.45, 7) is 4.58. The minimum atomic E-state index is -0.105. The molecule has 0 aliphatic heterocycles. The maximum atomic E-state index is 6.10. The molecule has 7 heteroatoms. The Balaban J connectivity index is 2.07. The zero-order valence-electron chi connectivity index (χ0n) is 12.4. The van der Waals surface area contributed by atoms with Gasteiger partial charge in [0.2, 0.25) is 5.95 Å². The second-order valence-electron chi connectivity index (χ2n) is 4.95. The average Bonchev–Trinajstić information content (AvgIpc) is 2.96. The zero-order chi connectivity index (χ0) is 16.2. The van der Waals surface area contributed by atoms with Crippen molar-refractivity contribution in [1.82, 2.24) is 19.5 Å². The van der Waals surface area contributed by atoms with Gasteiger partial charge in [-0.3, -0.25) is 0 Å². The van der Waals surface area contributed by atoms with Gasteiger partial charge in [-0.05, 0) is 5.56 Å². The molecule has 0 fully saturated rings. The summed E-state index contributed by atoms with van der Waals surface area (Å²) in [5, 5.41) is 0.241. The molecule has 6 nitrogen and oxygen atoms in total. The van der Waals surface area contributed by atoms with Crippen molar-refractivity contribution in [3.8, 4) is 0 Å². The van der Waals surface area contributed by atoms with E-state index in [1.165, 1.54) is 0 Å². The lowest BCUT2D eigenvalue weighted by Gasteiger charge is -2.19. The number of hydrogen-bond donors (Lipinski definition) is 1. The average molecular weight is 330 g/mol. The van der Waals surface area contributed by atoms with Crippen LogP contribution in [-0.2, 0) is 4.74 Å². The van der Waals surface area contributed by atoms with Gasteiger partial charge in [-0.25, -0.2) is 4.98 Å². The van der Waals surface area contributed by atoms with E-state index in [9.17, 15) is 0 Å². The molecule has 0 radical (unpaired) electrons. The van der Waals surface area contributed by atoms with Crippen molar-refractivity contribution in [2.24, 2.45) is 0 Å². The first-order valence-corrected chi connectivity index (χ1v) is 7.47. The minimum Gasteiger partial charge on any atom is -0.375 e. The molecule has 0 spiro atoms. The van der Waals surface area contributed by atoms with Crippen LogP contribution in [0.4, 0.5) is 5.95 Å². The van der Waals surface area contributed by atoms with Gasteiger partial charge in [-0.2, -0.15) is 9.97 Å². The lowest BCUT2D eigenvalue weighted by Crippen LogP contribution is -2.17. The number of aromatic nitrogens is 4. The molecule has 0 amide bonds. The zero-order valence-corrected chi connectivity index (χ0v) is 13.1. The number of fused-ring (bicyclic) bond motifs is 1. The molecule has 3 rings (SSSR count). The fourth-order valence-corrected chi connectivity index (χ4v) is 2.62. The highest BCUT2D eigenvalue weighted by molar-refractivity contribution is 6.33. The maximum absolute atomic E-state index is 6.10. The van der Waals surface area contributed by atoms with Gasteiger partial charge in [0.25, 0.3) is 0 Å². The van der Waals surface area contributed by atoms with Crippen LogP contribution in [0.1, 0.15) is 11.6 Å².